The second-order valence-electron chi connectivity index (χ2n) is 9.63. The molecule has 0 radical (unpaired) electrons. The molecule has 0 saturated carbocycles. The number of nitrogens with zero attached hydrogens (tertiary/aromatic N) is 1. The van der Waals surface area contributed by atoms with Crippen molar-refractivity contribution >= 4 is 28.9 Å². The smallest absolute Gasteiger partial charge is 0.408 e. The van der Waals surface area contributed by atoms with Crippen molar-refractivity contribution in [1.82, 2.24) is 25.5 Å². The summed E-state index contributed by atoms with van der Waals surface area (Å²) in [5.41, 5.74) is 0.765. The number of carbonyl (C=O) groups excluding carboxylic acids is 3. The summed E-state index contributed by atoms with van der Waals surface area (Å²) in [4.78, 5) is 55.8. The molecule has 0 aliphatic carbocycles. The fourth-order valence-corrected chi connectivity index (χ4v) is 4.02. The van der Waals surface area contributed by atoms with E-state index in [1.807, 2.05) is 6.92 Å². The number of hydrogen-bond donors (Lipinski definition) is 4. The third kappa shape index (κ3) is 6.36. The number of piperidine rings is 1. The molecule has 0 spiro atoms. The summed E-state index contributed by atoms with van der Waals surface area (Å²) >= 11 is 0. The number of aromatic amines is 2. The summed E-state index contributed by atoms with van der Waals surface area (Å²) in [5, 5.41) is 5.63. The van der Waals surface area contributed by atoms with Gasteiger partial charge in [0, 0.05) is 24.7 Å². The Bertz CT molecular complexity index is 1070. The maximum absolute atomic E-state index is 12.7. The fourth-order valence-electron chi connectivity index (χ4n) is 4.02. The van der Waals surface area contributed by atoms with Gasteiger partial charge in [-0.1, -0.05) is 0 Å². The Morgan fingerprint density at radius 3 is 2.33 bits per heavy atom. The van der Waals surface area contributed by atoms with Crippen LogP contribution in [0.2, 0.25) is 0 Å². The minimum Gasteiger partial charge on any atom is -0.444 e. The molecular weight excluding hydrogens is 426 g/mol. The van der Waals surface area contributed by atoms with Gasteiger partial charge in [0.2, 0.25) is 5.91 Å². The second-order valence-corrected chi connectivity index (χ2v) is 9.63. The molecule has 1 fully saturated rings. The molecule has 10 heteroatoms. The Hall–Kier alpha value is -3.30. The van der Waals surface area contributed by atoms with Crippen molar-refractivity contribution in [2.45, 2.75) is 65.1 Å². The molecule has 33 heavy (non-hydrogen) atoms. The van der Waals surface area contributed by atoms with Crippen molar-refractivity contribution in [1.29, 1.82) is 0 Å². The molecule has 10 nitrogen and oxygen atoms in total. The van der Waals surface area contributed by atoms with E-state index in [0.29, 0.717) is 29.7 Å². The maximum Gasteiger partial charge on any atom is 0.408 e. The van der Waals surface area contributed by atoms with Crippen LogP contribution >= 0.6 is 0 Å². The molecular formula is C23H33N5O5. The highest BCUT2D eigenvalue weighted by Gasteiger charge is 2.30. The monoisotopic (exact) mass is 459 g/mol. The lowest BCUT2D eigenvalue weighted by Crippen LogP contribution is -2.51. The Morgan fingerprint density at radius 1 is 1.06 bits per heavy atom. The molecule has 1 aliphatic rings. The molecule has 2 heterocycles. The van der Waals surface area contributed by atoms with E-state index in [1.165, 1.54) is 0 Å². The number of aromatic nitrogens is 2. The van der Waals surface area contributed by atoms with Crippen molar-refractivity contribution in [3.8, 4) is 0 Å². The zero-order valence-corrected chi connectivity index (χ0v) is 19.8. The lowest BCUT2D eigenvalue weighted by atomic mass is 9.90. The molecule has 2 aromatic rings. The van der Waals surface area contributed by atoms with E-state index in [2.05, 4.69) is 20.6 Å². The Labute approximate surface area is 192 Å². The molecule has 1 saturated heterocycles. The van der Waals surface area contributed by atoms with Crippen LogP contribution in [0, 0.1) is 5.92 Å². The fraction of sp³-hybridized carbons (Fsp3) is 0.565. The number of amides is 3. The van der Waals surface area contributed by atoms with Gasteiger partial charge in [-0.25, -0.2) is 9.59 Å². The highest BCUT2D eigenvalue weighted by atomic mass is 16.6. The van der Waals surface area contributed by atoms with E-state index in [-0.39, 0.29) is 29.5 Å². The van der Waals surface area contributed by atoms with Gasteiger partial charge in [-0.3, -0.25) is 9.59 Å². The molecule has 1 unspecified atom stereocenters. The summed E-state index contributed by atoms with van der Waals surface area (Å²) in [6, 6.07) is 4.27. The number of alkyl carbamates (subject to hydrolysis) is 1. The number of likely N-dealkylation sites (tertiary alicyclic amines) is 1. The third-order valence-corrected chi connectivity index (χ3v) is 5.80. The lowest BCUT2D eigenvalue weighted by Gasteiger charge is -2.36. The average Bonchev–Trinajstić information content (AvgIpc) is 3.10. The topological polar surface area (TPSA) is 136 Å². The summed E-state index contributed by atoms with van der Waals surface area (Å²) in [7, 11) is 0. The van der Waals surface area contributed by atoms with Gasteiger partial charge in [-0.2, -0.15) is 0 Å². The minimum atomic E-state index is -0.677. The van der Waals surface area contributed by atoms with Crippen molar-refractivity contribution in [2.75, 3.05) is 13.1 Å². The molecule has 1 aromatic carbocycles. The van der Waals surface area contributed by atoms with Crippen LogP contribution in [0.25, 0.3) is 11.0 Å². The Balaban J connectivity index is 1.49. The molecule has 3 amide bonds. The van der Waals surface area contributed by atoms with Crippen LogP contribution in [0.15, 0.2) is 23.0 Å². The Kier molecular flexibility index (Phi) is 7.14. The minimum absolute atomic E-state index is 0.0759. The zero-order chi connectivity index (χ0) is 24.3. The van der Waals surface area contributed by atoms with Gasteiger partial charge in [0.15, 0.2) is 0 Å². The second kappa shape index (κ2) is 9.68. The van der Waals surface area contributed by atoms with Gasteiger partial charge < -0.3 is 30.2 Å². The van der Waals surface area contributed by atoms with Crippen LogP contribution in [0.5, 0.6) is 0 Å². The summed E-state index contributed by atoms with van der Waals surface area (Å²) in [5.74, 6) is -0.132. The number of carbonyl (C=O) groups is 3. The summed E-state index contributed by atoms with van der Waals surface area (Å²) < 4.78 is 5.21. The number of fused-ring (bicyclic) bond motifs is 1. The van der Waals surface area contributed by atoms with Crippen LogP contribution in [0.1, 0.15) is 57.8 Å². The first-order valence-corrected chi connectivity index (χ1v) is 11.2. The van der Waals surface area contributed by atoms with Gasteiger partial charge in [0.1, 0.15) is 11.6 Å². The van der Waals surface area contributed by atoms with Crippen LogP contribution in [-0.4, -0.2) is 63.5 Å². The van der Waals surface area contributed by atoms with Gasteiger partial charge >= 0.3 is 11.8 Å². The standard InChI is InChI=1S/C23H33N5O5/c1-13(24-19(29)16-6-7-17-18(12-16)27-21(31)26-17)15-8-10-28(11-9-15)20(30)14(2)25-22(32)33-23(3,4)5/h6-7,12-15H,8-11H2,1-5H3,(H,24,29)(H,25,32)(H2,26,27,31)/t13?,14-/m0/s1. The van der Waals surface area contributed by atoms with Crippen LogP contribution in [0.4, 0.5) is 4.79 Å². The van der Waals surface area contributed by atoms with Crippen molar-refractivity contribution in [2.24, 2.45) is 5.92 Å². The average molecular weight is 460 g/mol. The Morgan fingerprint density at radius 2 is 1.70 bits per heavy atom. The zero-order valence-electron chi connectivity index (χ0n) is 19.8. The SMILES string of the molecule is CC(NC(=O)c1ccc2[nH]c(=O)[nH]c2c1)C1CCN(C(=O)[C@H](C)NC(=O)OC(C)(C)C)CC1. The summed E-state index contributed by atoms with van der Waals surface area (Å²) in [6.07, 6.45) is 0.879. The number of nitrogens with one attached hydrogen (secondary N) is 4. The van der Waals surface area contributed by atoms with E-state index < -0.39 is 17.7 Å². The normalized spacial score (nSPS) is 16.8. The largest absolute Gasteiger partial charge is 0.444 e. The van der Waals surface area contributed by atoms with E-state index in [0.717, 1.165) is 12.8 Å². The molecule has 180 valence electrons. The molecule has 3 rings (SSSR count). The molecule has 0 bridgehead atoms. The predicted molar refractivity (Wildman–Crippen MR) is 124 cm³/mol. The number of benzene rings is 1. The number of hydrogen-bond acceptors (Lipinski definition) is 5. The lowest BCUT2D eigenvalue weighted by molar-refractivity contribution is -0.134. The number of rotatable bonds is 5. The number of ether oxygens (including phenoxy) is 1. The highest BCUT2D eigenvalue weighted by molar-refractivity contribution is 5.97. The van der Waals surface area contributed by atoms with Crippen molar-refractivity contribution in [3.63, 3.8) is 0 Å². The molecule has 2 atom stereocenters. The van der Waals surface area contributed by atoms with E-state index in [1.54, 1.807) is 50.8 Å². The van der Waals surface area contributed by atoms with Gasteiger partial charge in [-0.05, 0) is 71.6 Å². The van der Waals surface area contributed by atoms with Crippen molar-refractivity contribution in [3.05, 3.63) is 34.2 Å². The quantitative estimate of drug-likeness (QED) is 0.543. The number of H-pyrrole nitrogens is 2. The first-order chi connectivity index (χ1) is 15.4. The van der Waals surface area contributed by atoms with E-state index in [9.17, 15) is 19.2 Å². The van der Waals surface area contributed by atoms with Crippen LogP contribution in [0.3, 0.4) is 0 Å². The molecule has 1 aromatic heterocycles. The molecule has 1 aliphatic heterocycles. The van der Waals surface area contributed by atoms with Crippen molar-refractivity contribution < 1.29 is 19.1 Å². The van der Waals surface area contributed by atoms with Gasteiger partial charge in [0.25, 0.3) is 5.91 Å². The number of imidazole rings is 1. The first kappa shape index (κ1) is 24.3. The van der Waals surface area contributed by atoms with E-state index >= 15 is 0 Å². The van der Waals surface area contributed by atoms with E-state index in [4.69, 9.17) is 4.74 Å². The molecule has 4 N–H and O–H groups in total. The summed E-state index contributed by atoms with van der Waals surface area (Å²) in [6.45, 7) is 10.0. The highest BCUT2D eigenvalue weighted by Crippen LogP contribution is 2.22. The third-order valence-electron chi connectivity index (χ3n) is 5.80. The first-order valence-electron chi connectivity index (χ1n) is 11.2. The van der Waals surface area contributed by atoms with Gasteiger partial charge in [0.05, 0.1) is 11.0 Å². The van der Waals surface area contributed by atoms with Crippen LogP contribution < -0.4 is 16.3 Å². The predicted octanol–water partition coefficient (Wildman–Crippen LogP) is 2.13. The maximum atomic E-state index is 12.7. The van der Waals surface area contributed by atoms with Gasteiger partial charge in [-0.15, -0.1) is 0 Å². The van der Waals surface area contributed by atoms with Crippen LogP contribution in [-0.2, 0) is 9.53 Å².